The Morgan fingerprint density at radius 1 is 0.269 bits per heavy atom. The molecule has 0 bridgehead atoms. The molecule has 0 radical (unpaired) electrons. The van der Waals surface area contributed by atoms with Gasteiger partial charge in [-0.25, -0.2) is 0 Å². The van der Waals surface area contributed by atoms with Crippen molar-refractivity contribution in [2.45, 2.75) is 0 Å². The van der Waals surface area contributed by atoms with E-state index in [2.05, 4.69) is 235 Å². The summed E-state index contributed by atoms with van der Waals surface area (Å²) in [6, 6.07) is 88.8. The molecule has 11 aromatic carbocycles. The maximum Gasteiger partial charge on any atom is 0.145 e. The van der Waals surface area contributed by atoms with Crippen LogP contribution in [0.2, 0.25) is 0 Å². The van der Waals surface area contributed by atoms with Crippen molar-refractivity contribution in [3.05, 3.63) is 249 Å². The van der Waals surface area contributed by atoms with Gasteiger partial charge in [0, 0.05) is 33.1 Å². The molecule has 0 N–H and O–H groups in total. The molecule has 0 unspecified atom stereocenters. The van der Waals surface area contributed by atoms with Crippen molar-refractivity contribution in [3.63, 3.8) is 0 Å². The number of anilines is 3. The number of benzene rings is 11. The second-order valence-electron chi connectivity index (χ2n) is 17.2. The van der Waals surface area contributed by atoms with Gasteiger partial charge in [0.15, 0.2) is 0 Å². The Hall–Kier alpha value is -8.92. The van der Waals surface area contributed by atoms with E-state index in [1.54, 1.807) is 0 Å². The summed E-state index contributed by atoms with van der Waals surface area (Å²) in [4.78, 5) is 2.37. The number of nitrogens with zero attached hydrogens (tertiary/aromatic N) is 1. The van der Waals surface area contributed by atoms with Crippen molar-refractivity contribution >= 4 is 71.7 Å². The predicted octanol–water partition coefficient (Wildman–Crippen LogP) is 18.4. The fraction of sp³-hybridized carbons (Fsp3) is 0. The molecule has 67 heavy (non-hydrogen) atoms. The average molecular weight is 856 g/mol. The maximum absolute atomic E-state index is 6.79. The minimum Gasteiger partial charge on any atom is -0.456 e. The van der Waals surface area contributed by atoms with Crippen molar-refractivity contribution in [1.29, 1.82) is 0 Å². The molecule has 314 valence electrons. The normalized spacial score (nSPS) is 11.6. The van der Waals surface area contributed by atoms with Crippen LogP contribution in [0.15, 0.2) is 258 Å². The third-order valence-corrected chi connectivity index (χ3v) is 13.3. The Balaban J connectivity index is 0.929. The van der Waals surface area contributed by atoms with Crippen LogP contribution < -0.4 is 4.90 Å². The molecule has 0 aliphatic heterocycles. The van der Waals surface area contributed by atoms with Crippen LogP contribution >= 0.6 is 0 Å². The van der Waals surface area contributed by atoms with Gasteiger partial charge in [0.25, 0.3) is 0 Å². The summed E-state index contributed by atoms with van der Waals surface area (Å²) in [5.41, 5.74) is 18.1. The van der Waals surface area contributed by atoms with Crippen LogP contribution in [0.4, 0.5) is 17.1 Å². The molecule has 13 rings (SSSR count). The van der Waals surface area contributed by atoms with Crippen molar-refractivity contribution in [1.82, 2.24) is 0 Å². The van der Waals surface area contributed by atoms with E-state index in [0.29, 0.717) is 0 Å². The first-order chi connectivity index (χ1) is 33.2. The minimum absolute atomic E-state index is 0.858. The largest absolute Gasteiger partial charge is 0.456 e. The fourth-order valence-electron chi connectivity index (χ4n) is 10.1. The third kappa shape index (κ3) is 6.67. The lowest BCUT2D eigenvalue weighted by atomic mass is 9.92. The number of fused-ring (bicyclic) bond motifs is 7. The number of hydrogen-bond donors (Lipinski definition) is 0. The zero-order chi connectivity index (χ0) is 44.3. The van der Waals surface area contributed by atoms with Crippen LogP contribution in [0.5, 0.6) is 0 Å². The molecular formula is C64H41NO2. The van der Waals surface area contributed by atoms with Crippen molar-refractivity contribution in [3.8, 4) is 55.6 Å². The summed E-state index contributed by atoms with van der Waals surface area (Å²) in [6.07, 6.45) is 0. The highest BCUT2D eigenvalue weighted by molar-refractivity contribution is 6.17. The Morgan fingerprint density at radius 3 is 1.51 bits per heavy atom. The van der Waals surface area contributed by atoms with Gasteiger partial charge in [-0.3, -0.25) is 0 Å². The highest BCUT2D eigenvalue weighted by Crippen LogP contribution is 2.47. The summed E-state index contributed by atoms with van der Waals surface area (Å²) in [5, 5.41) is 6.89. The van der Waals surface area contributed by atoms with E-state index in [-0.39, 0.29) is 0 Å². The molecule has 0 saturated carbocycles. The zero-order valence-corrected chi connectivity index (χ0v) is 36.4. The molecule has 0 atom stereocenters. The van der Waals surface area contributed by atoms with E-state index in [1.807, 2.05) is 18.2 Å². The Bertz CT molecular complexity index is 3950. The van der Waals surface area contributed by atoms with Crippen molar-refractivity contribution in [2.75, 3.05) is 4.90 Å². The van der Waals surface area contributed by atoms with E-state index in [0.717, 1.165) is 99.9 Å². The summed E-state index contributed by atoms with van der Waals surface area (Å²) in [6.45, 7) is 0. The van der Waals surface area contributed by atoms with E-state index in [9.17, 15) is 0 Å². The minimum atomic E-state index is 0.858. The number of hydrogen-bond acceptors (Lipinski definition) is 3. The van der Waals surface area contributed by atoms with Crippen molar-refractivity contribution in [2.24, 2.45) is 0 Å². The van der Waals surface area contributed by atoms with Crippen LogP contribution in [0.1, 0.15) is 0 Å². The van der Waals surface area contributed by atoms with Crippen LogP contribution in [0, 0.1) is 0 Å². The monoisotopic (exact) mass is 855 g/mol. The van der Waals surface area contributed by atoms with E-state index in [4.69, 9.17) is 8.83 Å². The first-order valence-corrected chi connectivity index (χ1v) is 22.8. The average Bonchev–Trinajstić information content (AvgIpc) is 3.99. The quantitative estimate of drug-likeness (QED) is 0.152. The number of para-hydroxylation sites is 2. The Morgan fingerprint density at radius 2 is 0.776 bits per heavy atom. The molecular weight excluding hydrogens is 815 g/mol. The van der Waals surface area contributed by atoms with Gasteiger partial charge < -0.3 is 13.7 Å². The summed E-state index contributed by atoms with van der Waals surface area (Å²) in [5.74, 6) is 0. The smallest absolute Gasteiger partial charge is 0.145 e. The summed E-state index contributed by atoms with van der Waals surface area (Å²) in [7, 11) is 0. The standard InChI is InChI=1S/C64H41NO2/c1-2-14-46(15-3-1)53-39-40-58(63-57-20-9-11-23-60(57)67-64(53)63)65(50-35-31-44(32-36-50)43-25-27-45(28-26-43)49-30-29-42-13-4-5-16-48(42)41-49)51-37-33-47(34-38-51)52-17-6-7-18-54(52)55-21-12-24-61-62(55)56-19-8-10-22-59(56)66-61/h1-41H. The SMILES string of the molecule is c1ccc(-c2ccc(N(c3ccc(-c4ccc(-c5ccc6ccccc6c5)cc4)cc3)c3ccc(-c4ccccc4-c4cccc5oc6ccccc6c45)cc3)c3c2oc2ccccc23)cc1. The number of furan rings is 2. The van der Waals surface area contributed by atoms with Gasteiger partial charge in [0.1, 0.15) is 22.3 Å². The van der Waals surface area contributed by atoms with Crippen LogP contribution in [0.25, 0.3) is 110 Å². The lowest BCUT2D eigenvalue weighted by Gasteiger charge is -2.27. The molecule has 0 spiro atoms. The van der Waals surface area contributed by atoms with E-state index >= 15 is 0 Å². The van der Waals surface area contributed by atoms with Gasteiger partial charge >= 0.3 is 0 Å². The second kappa shape index (κ2) is 16.0. The first-order valence-electron chi connectivity index (χ1n) is 22.8. The maximum atomic E-state index is 6.79. The van der Waals surface area contributed by atoms with Gasteiger partial charge in [-0.2, -0.15) is 0 Å². The molecule has 3 nitrogen and oxygen atoms in total. The topological polar surface area (TPSA) is 29.5 Å². The Kier molecular flexibility index (Phi) is 9.17. The van der Waals surface area contributed by atoms with E-state index in [1.165, 1.54) is 27.5 Å². The first kappa shape index (κ1) is 38.5. The molecule has 0 aliphatic rings. The van der Waals surface area contributed by atoms with Gasteiger partial charge in [-0.1, -0.05) is 188 Å². The molecule has 0 saturated heterocycles. The summed E-state index contributed by atoms with van der Waals surface area (Å²) >= 11 is 0. The molecule has 2 heterocycles. The van der Waals surface area contributed by atoms with E-state index < -0.39 is 0 Å². The molecule has 0 fully saturated rings. The number of rotatable bonds is 8. The van der Waals surface area contributed by atoms with Crippen LogP contribution in [-0.4, -0.2) is 0 Å². The van der Waals surface area contributed by atoms with Crippen LogP contribution in [-0.2, 0) is 0 Å². The molecule has 13 aromatic rings. The van der Waals surface area contributed by atoms with Gasteiger partial charge in [0.05, 0.1) is 11.1 Å². The molecule has 0 aliphatic carbocycles. The second-order valence-corrected chi connectivity index (χ2v) is 17.2. The summed E-state index contributed by atoms with van der Waals surface area (Å²) < 4.78 is 13.1. The highest BCUT2D eigenvalue weighted by Gasteiger charge is 2.23. The molecule has 2 aromatic heterocycles. The van der Waals surface area contributed by atoms with Gasteiger partial charge in [-0.05, 0) is 122 Å². The molecule has 0 amide bonds. The lowest BCUT2D eigenvalue weighted by Crippen LogP contribution is -2.10. The fourth-order valence-corrected chi connectivity index (χ4v) is 10.1. The third-order valence-electron chi connectivity index (χ3n) is 13.3. The van der Waals surface area contributed by atoms with Gasteiger partial charge in [0.2, 0.25) is 0 Å². The zero-order valence-electron chi connectivity index (χ0n) is 36.4. The predicted molar refractivity (Wildman–Crippen MR) is 280 cm³/mol. The van der Waals surface area contributed by atoms with Crippen LogP contribution in [0.3, 0.4) is 0 Å². The lowest BCUT2D eigenvalue weighted by molar-refractivity contribution is 0.669. The van der Waals surface area contributed by atoms with Crippen molar-refractivity contribution < 1.29 is 8.83 Å². The highest BCUT2D eigenvalue weighted by atomic mass is 16.3. The van der Waals surface area contributed by atoms with Gasteiger partial charge in [-0.15, -0.1) is 0 Å². The molecule has 3 heteroatoms. The Labute approximate surface area is 388 Å².